The fourth-order valence-corrected chi connectivity index (χ4v) is 2.42. The van der Waals surface area contributed by atoms with E-state index in [2.05, 4.69) is 20.4 Å². The first-order valence-corrected chi connectivity index (χ1v) is 7.82. The molecule has 8 nitrogen and oxygen atoms in total. The second-order valence-electron chi connectivity index (χ2n) is 5.32. The van der Waals surface area contributed by atoms with Gasteiger partial charge in [0, 0.05) is 38.0 Å². The van der Waals surface area contributed by atoms with Gasteiger partial charge < -0.3 is 24.2 Å². The Balaban J connectivity index is 1.65. The van der Waals surface area contributed by atoms with Crippen molar-refractivity contribution in [3.63, 3.8) is 0 Å². The second kappa shape index (κ2) is 7.89. The summed E-state index contributed by atoms with van der Waals surface area (Å²) in [4.78, 5) is 18.2. The third kappa shape index (κ3) is 3.90. The lowest BCUT2D eigenvalue weighted by Gasteiger charge is -2.28. The SMILES string of the molecule is COCCNC(=O)c1nc(-c2ccc(N3CCOCC3)cc2)no1. The number of ether oxygens (including phenoxy) is 2. The summed E-state index contributed by atoms with van der Waals surface area (Å²) in [7, 11) is 1.57. The van der Waals surface area contributed by atoms with E-state index in [-0.39, 0.29) is 5.89 Å². The molecule has 128 valence electrons. The molecule has 1 N–H and O–H groups in total. The van der Waals surface area contributed by atoms with E-state index in [1.165, 1.54) is 0 Å². The molecular weight excluding hydrogens is 312 g/mol. The zero-order chi connectivity index (χ0) is 16.8. The van der Waals surface area contributed by atoms with Gasteiger partial charge in [-0.15, -0.1) is 0 Å². The number of anilines is 1. The summed E-state index contributed by atoms with van der Waals surface area (Å²) in [6.07, 6.45) is 0. The van der Waals surface area contributed by atoms with Gasteiger partial charge >= 0.3 is 11.8 Å². The number of methoxy groups -OCH3 is 1. The Labute approximate surface area is 139 Å². The fourth-order valence-electron chi connectivity index (χ4n) is 2.42. The van der Waals surface area contributed by atoms with Gasteiger partial charge in [-0.25, -0.2) is 0 Å². The van der Waals surface area contributed by atoms with Gasteiger partial charge in [0.25, 0.3) is 0 Å². The van der Waals surface area contributed by atoms with E-state index in [1.807, 2.05) is 24.3 Å². The first-order chi connectivity index (χ1) is 11.8. The van der Waals surface area contributed by atoms with Crippen LogP contribution in [-0.2, 0) is 9.47 Å². The van der Waals surface area contributed by atoms with Crippen LogP contribution >= 0.6 is 0 Å². The van der Waals surface area contributed by atoms with E-state index in [4.69, 9.17) is 14.0 Å². The highest BCUT2D eigenvalue weighted by molar-refractivity contribution is 5.89. The van der Waals surface area contributed by atoms with E-state index < -0.39 is 5.91 Å². The first-order valence-electron chi connectivity index (χ1n) is 7.82. The number of rotatable bonds is 6. The number of amides is 1. The van der Waals surface area contributed by atoms with Crippen LogP contribution in [0.15, 0.2) is 28.8 Å². The summed E-state index contributed by atoms with van der Waals surface area (Å²) >= 11 is 0. The molecule has 0 atom stereocenters. The molecule has 8 heteroatoms. The van der Waals surface area contributed by atoms with Crippen molar-refractivity contribution in [3.05, 3.63) is 30.2 Å². The van der Waals surface area contributed by atoms with Crippen molar-refractivity contribution >= 4 is 11.6 Å². The van der Waals surface area contributed by atoms with Gasteiger partial charge in [-0.05, 0) is 24.3 Å². The first kappa shape index (κ1) is 16.4. The summed E-state index contributed by atoms with van der Waals surface area (Å²) < 4.78 is 15.2. The molecule has 0 radical (unpaired) electrons. The third-order valence-electron chi connectivity index (χ3n) is 3.71. The minimum Gasteiger partial charge on any atom is -0.383 e. The molecule has 0 spiro atoms. The molecule has 0 bridgehead atoms. The summed E-state index contributed by atoms with van der Waals surface area (Å²) in [5, 5.41) is 6.50. The predicted molar refractivity (Wildman–Crippen MR) is 87.0 cm³/mol. The number of hydrogen-bond acceptors (Lipinski definition) is 7. The van der Waals surface area contributed by atoms with Crippen molar-refractivity contribution in [1.82, 2.24) is 15.5 Å². The summed E-state index contributed by atoms with van der Waals surface area (Å²) in [6.45, 7) is 4.07. The van der Waals surface area contributed by atoms with Crippen molar-refractivity contribution in [3.8, 4) is 11.4 Å². The Hall–Kier alpha value is -2.45. The number of nitrogens with zero attached hydrogens (tertiary/aromatic N) is 3. The molecule has 1 aromatic heterocycles. The number of hydrogen-bond donors (Lipinski definition) is 1. The van der Waals surface area contributed by atoms with E-state index in [0.717, 1.165) is 37.6 Å². The van der Waals surface area contributed by atoms with Crippen LogP contribution < -0.4 is 10.2 Å². The van der Waals surface area contributed by atoms with Gasteiger partial charge in [0.15, 0.2) is 0 Å². The lowest BCUT2D eigenvalue weighted by molar-refractivity contribution is 0.0893. The topological polar surface area (TPSA) is 89.7 Å². The summed E-state index contributed by atoms with van der Waals surface area (Å²) in [5.74, 6) is -0.0745. The van der Waals surface area contributed by atoms with Crippen molar-refractivity contribution in [2.24, 2.45) is 0 Å². The molecule has 1 aliphatic heterocycles. The Morgan fingerprint density at radius 3 is 2.75 bits per heavy atom. The van der Waals surface area contributed by atoms with Gasteiger partial charge in [-0.1, -0.05) is 5.16 Å². The van der Waals surface area contributed by atoms with Crippen LogP contribution in [0.1, 0.15) is 10.7 Å². The molecule has 0 aliphatic carbocycles. The molecule has 1 aromatic carbocycles. The Kier molecular flexibility index (Phi) is 5.39. The van der Waals surface area contributed by atoms with Gasteiger partial charge in [0.2, 0.25) is 5.82 Å². The van der Waals surface area contributed by atoms with Crippen molar-refractivity contribution in [2.45, 2.75) is 0 Å². The third-order valence-corrected chi connectivity index (χ3v) is 3.71. The number of nitrogens with one attached hydrogen (secondary N) is 1. The maximum Gasteiger partial charge on any atom is 0.316 e. The largest absolute Gasteiger partial charge is 0.383 e. The predicted octanol–water partition coefficient (Wildman–Crippen LogP) is 0.949. The molecule has 24 heavy (non-hydrogen) atoms. The molecule has 1 fully saturated rings. The van der Waals surface area contributed by atoms with Crippen LogP contribution in [0.5, 0.6) is 0 Å². The van der Waals surface area contributed by atoms with Crippen LogP contribution in [0.25, 0.3) is 11.4 Å². The Morgan fingerprint density at radius 2 is 2.04 bits per heavy atom. The average Bonchev–Trinajstić information content (AvgIpc) is 3.13. The summed E-state index contributed by atoms with van der Waals surface area (Å²) in [5.41, 5.74) is 1.93. The lowest BCUT2D eigenvalue weighted by Crippen LogP contribution is -2.36. The molecule has 2 heterocycles. The standard InChI is InChI=1S/C16H20N4O4/c1-22-9-6-17-15(21)16-18-14(19-24-16)12-2-4-13(5-3-12)20-7-10-23-11-8-20/h2-5H,6-11H2,1H3,(H,17,21). The van der Waals surface area contributed by atoms with Crippen LogP contribution in [-0.4, -0.2) is 62.6 Å². The van der Waals surface area contributed by atoms with Crippen molar-refractivity contribution in [1.29, 1.82) is 0 Å². The van der Waals surface area contributed by atoms with E-state index in [9.17, 15) is 4.79 Å². The van der Waals surface area contributed by atoms with Gasteiger partial charge in [0.1, 0.15) is 0 Å². The van der Waals surface area contributed by atoms with E-state index in [1.54, 1.807) is 7.11 Å². The van der Waals surface area contributed by atoms with Crippen molar-refractivity contribution < 1.29 is 18.8 Å². The molecule has 1 saturated heterocycles. The monoisotopic (exact) mass is 332 g/mol. The van der Waals surface area contributed by atoms with Crippen LogP contribution in [0, 0.1) is 0 Å². The number of aromatic nitrogens is 2. The Morgan fingerprint density at radius 1 is 1.29 bits per heavy atom. The van der Waals surface area contributed by atoms with Gasteiger partial charge in [-0.2, -0.15) is 4.98 Å². The average molecular weight is 332 g/mol. The number of morpholine rings is 1. The highest BCUT2D eigenvalue weighted by Crippen LogP contribution is 2.21. The van der Waals surface area contributed by atoms with Crippen LogP contribution in [0.3, 0.4) is 0 Å². The minimum absolute atomic E-state index is 0.0571. The highest BCUT2D eigenvalue weighted by atomic mass is 16.5. The van der Waals surface area contributed by atoms with E-state index >= 15 is 0 Å². The van der Waals surface area contributed by atoms with Crippen LogP contribution in [0.2, 0.25) is 0 Å². The van der Waals surface area contributed by atoms with Gasteiger partial charge in [0.05, 0.1) is 19.8 Å². The van der Waals surface area contributed by atoms with Crippen LogP contribution in [0.4, 0.5) is 5.69 Å². The molecule has 1 amide bonds. The maximum absolute atomic E-state index is 11.8. The number of carbonyl (C=O) groups is 1. The highest BCUT2D eigenvalue weighted by Gasteiger charge is 2.16. The molecule has 1 aliphatic rings. The Bertz CT molecular complexity index is 665. The zero-order valence-electron chi connectivity index (χ0n) is 13.5. The molecule has 2 aromatic rings. The number of carbonyl (C=O) groups excluding carboxylic acids is 1. The lowest BCUT2D eigenvalue weighted by atomic mass is 10.2. The molecular formula is C16H20N4O4. The smallest absolute Gasteiger partial charge is 0.316 e. The summed E-state index contributed by atoms with van der Waals surface area (Å²) in [6, 6.07) is 7.86. The van der Waals surface area contributed by atoms with Gasteiger partial charge in [-0.3, -0.25) is 4.79 Å². The fraction of sp³-hybridized carbons (Fsp3) is 0.438. The molecule has 0 saturated carbocycles. The quantitative estimate of drug-likeness (QED) is 0.788. The zero-order valence-corrected chi connectivity index (χ0v) is 13.5. The maximum atomic E-state index is 11.8. The number of benzene rings is 1. The second-order valence-corrected chi connectivity index (χ2v) is 5.32. The van der Waals surface area contributed by atoms with Crippen molar-refractivity contribution in [2.75, 3.05) is 51.5 Å². The molecule has 0 unspecified atom stereocenters. The molecule has 3 rings (SSSR count). The van der Waals surface area contributed by atoms with E-state index in [0.29, 0.717) is 19.0 Å². The minimum atomic E-state index is -0.407. The normalized spacial score (nSPS) is 14.6.